The van der Waals surface area contributed by atoms with Gasteiger partial charge in [-0.05, 0) is 73.2 Å². The molecule has 3 aromatic carbocycles. The summed E-state index contributed by atoms with van der Waals surface area (Å²) >= 11 is 3.31. The quantitative estimate of drug-likeness (QED) is 0.105. The van der Waals surface area contributed by atoms with Gasteiger partial charge in [0.05, 0.1) is 33.3 Å². The molecule has 11 heteroatoms. The van der Waals surface area contributed by atoms with Gasteiger partial charge in [0.1, 0.15) is 12.3 Å². The highest BCUT2D eigenvalue weighted by molar-refractivity contribution is 7.97. The summed E-state index contributed by atoms with van der Waals surface area (Å²) in [6.07, 6.45) is 6.82. The Labute approximate surface area is 294 Å². The van der Waals surface area contributed by atoms with Crippen molar-refractivity contribution in [2.24, 2.45) is 0 Å². The Morgan fingerprint density at radius 2 is 1.71 bits per heavy atom. The van der Waals surface area contributed by atoms with Gasteiger partial charge in [0, 0.05) is 41.6 Å². The molecule has 9 nitrogen and oxygen atoms in total. The van der Waals surface area contributed by atoms with E-state index in [2.05, 4.69) is 50.2 Å². The number of benzene rings is 3. The molecule has 6 rings (SSSR count). The molecule has 2 amide bonds. The first-order chi connectivity index (χ1) is 24.0. The van der Waals surface area contributed by atoms with Crippen LogP contribution >= 0.6 is 23.3 Å². The predicted molar refractivity (Wildman–Crippen MR) is 195 cm³/mol. The fourth-order valence-electron chi connectivity index (χ4n) is 5.72. The molecular weight excluding hydrogens is 653 g/mol. The van der Waals surface area contributed by atoms with Crippen LogP contribution in [0.1, 0.15) is 55.0 Å². The minimum absolute atomic E-state index is 0.125. The Morgan fingerprint density at radius 1 is 0.959 bits per heavy atom. The fourth-order valence-corrected chi connectivity index (χ4v) is 7.58. The van der Waals surface area contributed by atoms with Crippen molar-refractivity contribution in [3.05, 3.63) is 138 Å². The van der Waals surface area contributed by atoms with Crippen molar-refractivity contribution in [3.63, 3.8) is 0 Å². The van der Waals surface area contributed by atoms with Gasteiger partial charge in [-0.3, -0.25) is 14.6 Å². The third-order valence-electron chi connectivity index (χ3n) is 8.36. The number of amides is 2. The molecule has 3 heterocycles. The standard InChI is InChI=1S/C38H38N6O3S2/c1-3-35(45)43-37(36(28-11-6-4-7-12-28)29-13-8-5-9-14-29)38(46)42-32-15-10-20-39-31(32)18-16-26(2)44(23-27-22-41-47-24-27)49-30-17-19-33-34(21-30)48-25-40-33/h4-15,17,19-22,24-26,36-37H,3,16,18,23H2,1-2H3,(H,42,46)(H,43,45). The molecule has 250 valence electrons. The Bertz CT molecular complexity index is 1910. The topological polar surface area (TPSA) is 113 Å². The molecule has 0 aliphatic heterocycles. The zero-order valence-electron chi connectivity index (χ0n) is 27.4. The van der Waals surface area contributed by atoms with Crippen molar-refractivity contribution in [2.45, 2.75) is 62.6 Å². The molecule has 0 saturated carbocycles. The number of fused-ring (bicyclic) bond motifs is 1. The minimum atomic E-state index is -0.851. The molecular formula is C38H38N6O3S2. The highest BCUT2D eigenvalue weighted by Crippen LogP contribution is 2.33. The van der Waals surface area contributed by atoms with Crippen LogP contribution in [0.25, 0.3) is 10.2 Å². The lowest BCUT2D eigenvalue weighted by molar-refractivity contribution is -0.126. The summed E-state index contributed by atoms with van der Waals surface area (Å²) in [4.78, 5) is 37.3. The highest BCUT2D eigenvalue weighted by Gasteiger charge is 2.32. The number of hydrogen-bond donors (Lipinski definition) is 2. The first-order valence-electron chi connectivity index (χ1n) is 16.3. The van der Waals surface area contributed by atoms with Gasteiger partial charge in [-0.2, -0.15) is 0 Å². The zero-order valence-corrected chi connectivity index (χ0v) is 29.0. The summed E-state index contributed by atoms with van der Waals surface area (Å²) in [5.41, 5.74) is 7.12. The average molecular weight is 691 g/mol. The Hall–Kier alpha value is -4.84. The lowest BCUT2D eigenvalue weighted by Crippen LogP contribution is -2.48. The number of aryl methyl sites for hydroxylation is 1. The molecule has 2 atom stereocenters. The number of thiazole rings is 1. The number of pyridine rings is 1. The summed E-state index contributed by atoms with van der Waals surface area (Å²) in [5.74, 6) is -0.896. The minimum Gasteiger partial charge on any atom is -0.364 e. The normalized spacial score (nSPS) is 12.7. The maximum absolute atomic E-state index is 14.2. The van der Waals surface area contributed by atoms with Gasteiger partial charge in [0.15, 0.2) is 0 Å². The van der Waals surface area contributed by atoms with Crippen LogP contribution in [0.4, 0.5) is 5.69 Å². The van der Waals surface area contributed by atoms with Crippen LogP contribution in [0.5, 0.6) is 0 Å². The van der Waals surface area contributed by atoms with Gasteiger partial charge in [-0.25, -0.2) is 9.29 Å². The maximum atomic E-state index is 14.2. The average Bonchev–Trinajstić information content (AvgIpc) is 3.83. The van der Waals surface area contributed by atoms with E-state index in [1.54, 1.807) is 48.9 Å². The van der Waals surface area contributed by atoms with Gasteiger partial charge in [0.2, 0.25) is 11.8 Å². The first-order valence-corrected chi connectivity index (χ1v) is 17.9. The Morgan fingerprint density at radius 3 is 2.41 bits per heavy atom. The van der Waals surface area contributed by atoms with Gasteiger partial charge < -0.3 is 15.2 Å². The molecule has 0 saturated heterocycles. The van der Waals surface area contributed by atoms with Crippen molar-refractivity contribution >= 4 is 51.0 Å². The van der Waals surface area contributed by atoms with Crippen LogP contribution in [-0.2, 0) is 22.6 Å². The molecule has 0 radical (unpaired) electrons. The number of nitrogens with zero attached hydrogens (tertiary/aromatic N) is 4. The van der Waals surface area contributed by atoms with Crippen molar-refractivity contribution in [1.82, 2.24) is 24.7 Å². The lowest BCUT2D eigenvalue weighted by atomic mass is 9.84. The first kappa shape index (κ1) is 34.0. The largest absolute Gasteiger partial charge is 0.364 e. The fraction of sp³-hybridized carbons (Fsp3) is 0.237. The molecule has 49 heavy (non-hydrogen) atoms. The van der Waals surface area contributed by atoms with E-state index in [4.69, 9.17) is 9.51 Å². The van der Waals surface area contributed by atoms with E-state index in [0.29, 0.717) is 18.7 Å². The van der Waals surface area contributed by atoms with E-state index >= 15 is 0 Å². The van der Waals surface area contributed by atoms with E-state index < -0.39 is 12.0 Å². The third-order valence-corrected chi connectivity index (χ3v) is 10.3. The second kappa shape index (κ2) is 16.5. The van der Waals surface area contributed by atoms with E-state index in [9.17, 15) is 9.59 Å². The Balaban J connectivity index is 1.21. The Kier molecular flexibility index (Phi) is 11.5. The number of aromatic nitrogens is 3. The monoisotopic (exact) mass is 690 g/mol. The summed E-state index contributed by atoms with van der Waals surface area (Å²) < 4.78 is 8.59. The third kappa shape index (κ3) is 8.80. The van der Waals surface area contributed by atoms with Gasteiger partial charge in [0.25, 0.3) is 0 Å². The molecule has 6 aromatic rings. The second-order valence-corrected chi connectivity index (χ2v) is 13.8. The summed E-state index contributed by atoms with van der Waals surface area (Å²) in [6, 6.07) is 28.9. The van der Waals surface area contributed by atoms with Crippen LogP contribution in [-0.4, -0.2) is 43.3 Å². The molecule has 0 bridgehead atoms. The van der Waals surface area contributed by atoms with E-state index in [-0.39, 0.29) is 24.3 Å². The van der Waals surface area contributed by atoms with Crippen LogP contribution < -0.4 is 10.6 Å². The maximum Gasteiger partial charge on any atom is 0.247 e. The molecule has 0 fully saturated rings. The van der Waals surface area contributed by atoms with E-state index in [1.807, 2.05) is 78.3 Å². The van der Waals surface area contributed by atoms with Crippen LogP contribution in [0, 0.1) is 0 Å². The van der Waals surface area contributed by atoms with Gasteiger partial charge >= 0.3 is 0 Å². The molecule has 0 spiro atoms. The van der Waals surface area contributed by atoms with E-state index in [0.717, 1.165) is 43.9 Å². The molecule has 2 unspecified atom stereocenters. The van der Waals surface area contributed by atoms with Crippen molar-refractivity contribution in [2.75, 3.05) is 5.32 Å². The number of nitrogens with one attached hydrogen (secondary N) is 2. The zero-order chi connectivity index (χ0) is 34.0. The van der Waals surface area contributed by atoms with Crippen molar-refractivity contribution in [3.8, 4) is 0 Å². The smallest absolute Gasteiger partial charge is 0.247 e. The van der Waals surface area contributed by atoms with Gasteiger partial charge in [-0.1, -0.05) is 72.7 Å². The number of anilines is 1. The predicted octanol–water partition coefficient (Wildman–Crippen LogP) is 7.88. The summed E-state index contributed by atoms with van der Waals surface area (Å²) in [6.45, 7) is 4.61. The molecule has 0 aliphatic rings. The summed E-state index contributed by atoms with van der Waals surface area (Å²) in [7, 11) is 0. The lowest BCUT2D eigenvalue weighted by Gasteiger charge is -2.29. The highest BCUT2D eigenvalue weighted by atomic mass is 32.2. The second-order valence-electron chi connectivity index (χ2n) is 11.8. The molecule has 0 aliphatic carbocycles. The number of carbonyl (C=O) groups excluding carboxylic acids is 2. The molecule has 2 N–H and O–H groups in total. The van der Waals surface area contributed by atoms with Gasteiger partial charge in [-0.15, -0.1) is 11.3 Å². The number of rotatable bonds is 15. The van der Waals surface area contributed by atoms with E-state index in [1.165, 1.54) is 0 Å². The number of hydrogen-bond acceptors (Lipinski definition) is 9. The SMILES string of the molecule is CCC(=O)NC(C(=O)Nc1cccnc1CCC(C)N(Cc1cnoc1)Sc1ccc2ncsc2c1)C(c1ccccc1)c1ccccc1. The number of carbonyl (C=O) groups is 2. The van der Waals surface area contributed by atoms with Crippen LogP contribution in [0.3, 0.4) is 0 Å². The van der Waals surface area contributed by atoms with Crippen LogP contribution in [0.2, 0.25) is 0 Å². The van der Waals surface area contributed by atoms with Crippen LogP contribution in [0.15, 0.2) is 125 Å². The van der Waals surface area contributed by atoms with Crippen molar-refractivity contribution < 1.29 is 14.1 Å². The van der Waals surface area contributed by atoms with Crippen molar-refractivity contribution in [1.29, 1.82) is 0 Å². The summed E-state index contributed by atoms with van der Waals surface area (Å²) in [5, 5.41) is 10.1. The molecule has 3 aromatic heterocycles.